The van der Waals surface area contributed by atoms with Crippen LogP contribution in [0.15, 0.2) is 24.3 Å². The zero-order chi connectivity index (χ0) is 20.6. The molecule has 29 heavy (non-hydrogen) atoms. The van der Waals surface area contributed by atoms with Gasteiger partial charge in [-0.15, -0.1) is 5.10 Å². The van der Waals surface area contributed by atoms with E-state index in [1.54, 1.807) is 11.3 Å². The molecule has 0 aliphatic carbocycles. The van der Waals surface area contributed by atoms with Crippen molar-refractivity contribution in [3.63, 3.8) is 0 Å². The number of piperazine rings is 1. The zero-order valence-corrected chi connectivity index (χ0v) is 19.1. The predicted molar refractivity (Wildman–Crippen MR) is 124 cm³/mol. The molecule has 1 aliphatic heterocycles. The molecule has 3 heterocycles. The second-order valence-corrected chi connectivity index (χ2v) is 9.97. The minimum absolute atomic E-state index is 0.104. The quantitative estimate of drug-likeness (QED) is 0.624. The lowest BCUT2D eigenvalue weighted by molar-refractivity contribution is 0.258. The highest BCUT2D eigenvalue weighted by molar-refractivity contribution is 7.20. The molecule has 1 fully saturated rings. The van der Waals surface area contributed by atoms with Gasteiger partial charge in [-0.25, -0.2) is 4.98 Å². The molecule has 0 amide bonds. The third-order valence-electron chi connectivity index (χ3n) is 4.99. The van der Waals surface area contributed by atoms with Gasteiger partial charge in [0.1, 0.15) is 5.69 Å². The average Bonchev–Trinajstić information content (AvgIpc) is 3.22. The van der Waals surface area contributed by atoms with Crippen molar-refractivity contribution in [3.05, 3.63) is 29.3 Å². The lowest BCUT2D eigenvalue weighted by Crippen LogP contribution is -2.46. The van der Waals surface area contributed by atoms with Crippen LogP contribution in [0.25, 0.3) is 16.2 Å². The van der Waals surface area contributed by atoms with Gasteiger partial charge in [0.05, 0.1) is 0 Å². The molecule has 0 spiro atoms. The van der Waals surface area contributed by atoms with Crippen LogP contribution < -0.4 is 10.2 Å². The van der Waals surface area contributed by atoms with Crippen molar-refractivity contribution in [1.29, 1.82) is 0 Å². The maximum absolute atomic E-state index is 6.08. The van der Waals surface area contributed by atoms with Gasteiger partial charge in [-0.2, -0.15) is 4.52 Å². The fourth-order valence-electron chi connectivity index (χ4n) is 3.62. The third kappa shape index (κ3) is 4.52. The summed E-state index contributed by atoms with van der Waals surface area (Å²) >= 11 is 7.74. The monoisotopic (exact) mass is 432 g/mol. The maximum Gasteiger partial charge on any atom is 0.216 e. The molecule has 0 atom stereocenters. The minimum Gasteiger partial charge on any atom is -0.364 e. The van der Waals surface area contributed by atoms with Gasteiger partial charge >= 0.3 is 0 Å². The van der Waals surface area contributed by atoms with E-state index in [0.29, 0.717) is 0 Å². The number of rotatable bonds is 5. The van der Waals surface area contributed by atoms with Crippen molar-refractivity contribution in [1.82, 2.24) is 19.5 Å². The topological polar surface area (TPSA) is 48.7 Å². The number of benzene rings is 1. The molecule has 1 aliphatic rings. The molecular formula is C21H29ClN6S. The van der Waals surface area contributed by atoms with Gasteiger partial charge in [-0.05, 0) is 45.9 Å². The molecule has 1 aromatic carbocycles. The van der Waals surface area contributed by atoms with Gasteiger partial charge in [0.2, 0.25) is 10.1 Å². The van der Waals surface area contributed by atoms with Crippen LogP contribution in [-0.4, -0.2) is 57.8 Å². The van der Waals surface area contributed by atoms with Crippen LogP contribution >= 0.6 is 22.9 Å². The van der Waals surface area contributed by atoms with E-state index >= 15 is 0 Å². The third-order valence-corrected chi connectivity index (χ3v) is 6.21. The number of hydrogen-bond donors (Lipinski definition) is 1. The van der Waals surface area contributed by atoms with Crippen LogP contribution in [0.4, 0.5) is 10.9 Å². The number of nitrogens with zero attached hydrogens (tertiary/aromatic N) is 5. The van der Waals surface area contributed by atoms with Crippen molar-refractivity contribution in [3.8, 4) is 11.3 Å². The van der Waals surface area contributed by atoms with E-state index in [-0.39, 0.29) is 5.54 Å². The van der Waals surface area contributed by atoms with E-state index in [9.17, 15) is 0 Å². The van der Waals surface area contributed by atoms with E-state index in [0.717, 1.165) is 58.4 Å². The van der Waals surface area contributed by atoms with Gasteiger partial charge in [0.15, 0.2) is 5.82 Å². The first-order valence-electron chi connectivity index (χ1n) is 10.2. The summed E-state index contributed by atoms with van der Waals surface area (Å²) in [6, 6.07) is 7.83. The number of halogens is 1. The predicted octanol–water partition coefficient (Wildman–Crippen LogP) is 4.85. The van der Waals surface area contributed by atoms with Crippen LogP contribution in [0.1, 0.15) is 34.1 Å². The number of fused-ring (bicyclic) bond motifs is 1. The summed E-state index contributed by atoms with van der Waals surface area (Å²) in [7, 11) is 0. The number of imidazole rings is 1. The lowest BCUT2D eigenvalue weighted by Gasteiger charge is -2.34. The number of nitrogens with one attached hydrogen (secondary N) is 1. The molecule has 8 heteroatoms. The highest BCUT2D eigenvalue weighted by Crippen LogP contribution is 2.35. The van der Waals surface area contributed by atoms with Gasteiger partial charge in [0, 0.05) is 42.3 Å². The van der Waals surface area contributed by atoms with Crippen molar-refractivity contribution in [2.24, 2.45) is 0 Å². The van der Waals surface area contributed by atoms with Crippen LogP contribution in [0.5, 0.6) is 0 Å². The highest BCUT2D eigenvalue weighted by Gasteiger charge is 2.25. The van der Waals surface area contributed by atoms with Crippen molar-refractivity contribution < 1.29 is 0 Å². The summed E-state index contributed by atoms with van der Waals surface area (Å²) in [4.78, 5) is 10.8. The molecule has 2 aromatic heterocycles. The number of hydrogen-bond acceptors (Lipinski definition) is 6. The summed E-state index contributed by atoms with van der Waals surface area (Å²) < 4.78 is 1.97. The van der Waals surface area contributed by atoms with Crippen LogP contribution in [-0.2, 0) is 0 Å². The van der Waals surface area contributed by atoms with E-state index in [4.69, 9.17) is 21.7 Å². The van der Waals surface area contributed by atoms with Crippen LogP contribution in [0.3, 0.4) is 0 Å². The summed E-state index contributed by atoms with van der Waals surface area (Å²) in [5, 5.41) is 10.3. The normalized spacial score (nSPS) is 16.0. The fraction of sp³-hybridized carbons (Fsp3) is 0.524. The van der Waals surface area contributed by atoms with Crippen LogP contribution in [0.2, 0.25) is 5.02 Å². The molecule has 6 nitrogen and oxygen atoms in total. The first kappa shape index (κ1) is 20.4. The van der Waals surface area contributed by atoms with Crippen molar-refractivity contribution in [2.75, 3.05) is 42.9 Å². The number of anilines is 2. The highest BCUT2D eigenvalue weighted by atomic mass is 35.5. The van der Waals surface area contributed by atoms with Gasteiger partial charge in [0.25, 0.3) is 0 Å². The second-order valence-electron chi connectivity index (χ2n) is 8.60. The van der Waals surface area contributed by atoms with E-state index in [2.05, 4.69) is 42.8 Å². The molecule has 1 N–H and O–H groups in total. The Morgan fingerprint density at radius 1 is 1.10 bits per heavy atom. The molecule has 1 saturated heterocycles. The molecule has 0 radical (unpaired) electrons. The second kappa shape index (κ2) is 8.13. The van der Waals surface area contributed by atoms with Gasteiger partial charge in [-0.3, -0.25) is 4.90 Å². The Labute approximate surface area is 181 Å². The Hall–Kier alpha value is -1.83. The Morgan fingerprint density at radius 2 is 1.79 bits per heavy atom. The Morgan fingerprint density at radius 3 is 2.41 bits per heavy atom. The van der Waals surface area contributed by atoms with E-state index in [1.807, 2.05) is 28.8 Å². The summed E-state index contributed by atoms with van der Waals surface area (Å²) in [5.41, 5.74) is 1.84. The zero-order valence-electron chi connectivity index (χ0n) is 17.6. The van der Waals surface area contributed by atoms with Crippen LogP contribution in [0, 0.1) is 0 Å². The molecule has 156 valence electrons. The van der Waals surface area contributed by atoms with Gasteiger partial charge < -0.3 is 10.2 Å². The largest absolute Gasteiger partial charge is 0.364 e. The molecule has 0 saturated carbocycles. The van der Waals surface area contributed by atoms with E-state index in [1.165, 1.54) is 13.0 Å². The first-order valence-corrected chi connectivity index (χ1v) is 11.4. The van der Waals surface area contributed by atoms with Crippen molar-refractivity contribution in [2.45, 2.75) is 39.7 Å². The Kier molecular flexibility index (Phi) is 5.73. The van der Waals surface area contributed by atoms with Gasteiger partial charge in [-0.1, -0.05) is 42.0 Å². The Bertz CT molecular complexity index is 964. The molecule has 4 rings (SSSR count). The standard InChI is InChI=1S/C21H29ClN6S/c1-5-10-26-11-13-27(14-12-26)20-25-28-18(24-21(2,3)4)17(23-19(28)29-20)15-6-8-16(22)9-7-15/h6-9,24H,5,10-14H2,1-4H3. The average molecular weight is 433 g/mol. The molecular weight excluding hydrogens is 404 g/mol. The summed E-state index contributed by atoms with van der Waals surface area (Å²) in [6.45, 7) is 14.1. The van der Waals surface area contributed by atoms with Crippen molar-refractivity contribution >= 4 is 38.8 Å². The molecule has 0 unspecified atom stereocenters. The molecule has 0 bridgehead atoms. The number of aromatic nitrogens is 3. The molecule has 3 aromatic rings. The maximum atomic E-state index is 6.08. The SMILES string of the molecule is CCCN1CCN(c2nn3c(NC(C)(C)C)c(-c4ccc(Cl)cc4)nc3s2)CC1. The summed E-state index contributed by atoms with van der Waals surface area (Å²) in [5.74, 6) is 0.932. The van der Waals surface area contributed by atoms with E-state index < -0.39 is 0 Å². The summed E-state index contributed by atoms with van der Waals surface area (Å²) in [6.07, 6.45) is 1.21. The fourth-order valence-corrected chi connectivity index (χ4v) is 4.70. The first-order chi connectivity index (χ1) is 13.8. The Balaban J connectivity index is 1.67. The smallest absolute Gasteiger partial charge is 0.216 e. The lowest BCUT2D eigenvalue weighted by atomic mass is 10.1. The minimum atomic E-state index is -0.104.